The first-order chi connectivity index (χ1) is 12.5. The molecule has 1 amide bonds. The van der Waals surface area contributed by atoms with Crippen molar-refractivity contribution < 1.29 is 4.79 Å². The summed E-state index contributed by atoms with van der Waals surface area (Å²) in [6.45, 7) is 6.20. The van der Waals surface area contributed by atoms with Gasteiger partial charge in [0.05, 0.1) is 22.4 Å². The van der Waals surface area contributed by atoms with Crippen LogP contribution in [0.4, 0.5) is 5.82 Å². The summed E-state index contributed by atoms with van der Waals surface area (Å²) in [6.07, 6.45) is 0. The second kappa shape index (κ2) is 6.65. The third-order valence-electron chi connectivity index (χ3n) is 4.72. The zero-order chi connectivity index (χ0) is 18.3. The lowest BCUT2D eigenvalue weighted by Crippen LogP contribution is -2.15. The van der Waals surface area contributed by atoms with Gasteiger partial charge in [0.25, 0.3) is 0 Å². The van der Waals surface area contributed by atoms with E-state index in [2.05, 4.69) is 49.5 Å². The first kappa shape index (κ1) is 16.9. The van der Waals surface area contributed by atoms with Crippen molar-refractivity contribution in [3.8, 4) is 5.69 Å². The third kappa shape index (κ3) is 2.92. The van der Waals surface area contributed by atoms with E-state index in [1.54, 1.807) is 11.8 Å². The Hall–Kier alpha value is -2.53. The van der Waals surface area contributed by atoms with Gasteiger partial charge in [0, 0.05) is 5.56 Å². The van der Waals surface area contributed by atoms with Crippen LogP contribution in [0.2, 0.25) is 0 Å². The molecule has 5 heteroatoms. The highest BCUT2D eigenvalue weighted by Crippen LogP contribution is 2.44. The summed E-state index contributed by atoms with van der Waals surface area (Å²) in [6, 6.07) is 16.6. The van der Waals surface area contributed by atoms with Crippen LogP contribution in [-0.4, -0.2) is 21.4 Å². The minimum Gasteiger partial charge on any atom is -0.310 e. The molecule has 132 valence electrons. The van der Waals surface area contributed by atoms with Crippen molar-refractivity contribution in [1.82, 2.24) is 9.78 Å². The lowest BCUT2D eigenvalue weighted by Gasteiger charge is -2.17. The second-order valence-corrected chi connectivity index (χ2v) is 7.79. The first-order valence-electron chi connectivity index (χ1n) is 8.68. The Morgan fingerprint density at radius 1 is 1.12 bits per heavy atom. The largest absolute Gasteiger partial charge is 0.310 e. The molecule has 1 aliphatic rings. The Labute approximate surface area is 157 Å². The second-order valence-electron chi connectivity index (χ2n) is 6.69. The number of nitrogens with zero attached hydrogens (tertiary/aromatic N) is 2. The highest BCUT2D eigenvalue weighted by atomic mass is 32.2. The third-order valence-corrected chi connectivity index (χ3v) is 5.98. The van der Waals surface area contributed by atoms with Gasteiger partial charge in [-0.25, -0.2) is 4.68 Å². The normalized spacial score (nSPS) is 16.7. The average Bonchev–Trinajstić information content (AvgIpc) is 2.82. The van der Waals surface area contributed by atoms with Crippen molar-refractivity contribution in [2.45, 2.75) is 26.0 Å². The molecular weight excluding hydrogens is 342 g/mol. The molecule has 0 saturated carbocycles. The van der Waals surface area contributed by atoms with Gasteiger partial charge in [-0.15, -0.1) is 11.8 Å². The molecule has 1 aliphatic heterocycles. The number of amides is 1. The summed E-state index contributed by atoms with van der Waals surface area (Å²) >= 11 is 1.66. The fourth-order valence-corrected chi connectivity index (χ4v) is 4.74. The van der Waals surface area contributed by atoms with Gasteiger partial charge in [-0.2, -0.15) is 5.10 Å². The van der Waals surface area contributed by atoms with Crippen LogP contribution in [0.5, 0.6) is 0 Å². The van der Waals surface area contributed by atoms with Crippen LogP contribution in [0.1, 0.15) is 33.2 Å². The fourth-order valence-electron chi connectivity index (χ4n) is 3.46. The van der Waals surface area contributed by atoms with E-state index in [1.165, 1.54) is 11.1 Å². The van der Waals surface area contributed by atoms with Crippen molar-refractivity contribution in [2.24, 2.45) is 0 Å². The number of fused-ring (bicyclic) bond motifs is 1. The van der Waals surface area contributed by atoms with Crippen LogP contribution >= 0.6 is 11.8 Å². The maximum atomic E-state index is 12.4. The monoisotopic (exact) mass is 363 g/mol. The number of benzene rings is 2. The summed E-state index contributed by atoms with van der Waals surface area (Å²) in [4.78, 5) is 12.4. The predicted octanol–water partition coefficient (Wildman–Crippen LogP) is 4.57. The quantitative estimate of drug-likeness (QED) is 0.725. The van der Waals surface area contributed by atoms with E-state index in [0.29, 0.717) is 5.75 Å². The van der Waals surface area contributed by atoms with E-state index in [0.717, 1.165) is 28.3 Å². The smallest absolute Gasteiger partial charge is 0.235 e. The van der Waals surface area contributed by atoms with Crippen molar-refractivity contribution in [1.29, 1.82) is 0 Å². The van der Waals surface area contributed by atoms with Crippen LogP contribution in [0, 0.1) is 20.8 Å². The number of rotatable bonds is 2. The average molecular weight is 363 g/mol. The Kier molecular flexibility index (Phi) is 4.32. The SMILES string of the molecule is Cc1cccc(-n2nc(C)c3c2NC(=O)CSC3c2ccccc2C)c1. The van der Waals surface area contributed by atoms with Gasteiger partial charge < -0.3 is 5.32 Å². The molecule has 4 nitrogen and oxygen atoms in total. The number of hydrogen-bond donors (Lipinski definition) is 1. The van der Waals surface area contributed by atoms with E-state index in [9.17, 15) is 4.79 Å². The summed E-state index contributed by atoms with van der Waals surface area (Å²) in [7, 11) is 0. The number of aryl methyl sites for hydroxylation is 3. The number of thioether (sulfide) groups is 1. The molecule has 1 aromatic heterocycles. The van der Waals surface area contributed by atoms with Gasteiger partial charge in [-0.05, 0) is 49.6 Å². The summed E-state index contributed by atoms with van der Waals surface area (Å²) in [5, 5.41) is 7.95. The van der Waals surface area contributed by atoms with Crippen LogP contribution in [-0.2, 0) is 4.79 Å². The summed E-state index contributed by atoms with van der Waals surface area (Å²) < 4.78 is 1.87. The highest BCUT2D eigenvalue weighted by Gasteiger charge is 2.31. The topological polar surface area (TPSA) is 46.9 Å². The molecule has 3 aromatic rings. The van der Waals surface area contributed by atoms with E-state index >= 15 is 0 Å². The van der Waals surface area contributed by atoms with Gasteiger partial charge >= 0.3 is 0 Å². The maximum absolute atomic E-state index is 12.4. The number of anilines is 1. The Morgan fingerprint density at radius 3 is 2.69 bits per heavy atom. The van der Waals surface area contributed by atoms with E-state index in [1.807, 2.05) is 29.8 Å². The molecular formula is C21H21N3OS. The standard InChI is InChI=1S/C21H21N3OS/c1-13-7-6-9-16(11-13)24-21-19(15(3)23-24)20(26-12-18(25)22-21)17-10-5-4-8-14(17)2/h4-11,20H,12H2,1-3H3,(H,22,25). The maximum Gasteiger partial charge on any atom is 0.235 e. The molecule has 0 spiro atoms. The van der Waals surface area contributed by atoms with Crippen LogP contribution < -0.4 is 5.32 Å². The zero-order valence-corrected chi connectivity index (χ0v) is 15.9. The van der Waals surface area contributed by atoms with Crippen molar-refractivity contribution in [3.05, 3.63) is 76.5 Å². The Bertz CT molecular complexity index is 993. The molecule has 1 unspecified atom stereocenters. The van der Waals surface area contributed by atoms with Crippen LogP contribution in [0.3, 0.4) is 0 Å². The molecule has 4 rings (SSSR count). The van der Waals surface area contributed by atoms with Crippen molar-refractivity contribution in [2.75, 3.05) is 11.1 Å². The van der Waals surface area contributed by atoms with E-state index in [4.69, 9.17) is 5.10 Å². The molecule has 0 bridgehead atoms. The summed E-state index contributed by atoms with van der Waals surface area (Å²) in [5.74, 6) is 1.23. The Morgan fingerprint density at radius 2 is 1.92 bits per heavy atom. The van der Waals surface area contributed by atoms with Gasteiger partial charge in [0.15, 0.2) is 0 Å². The molecule has 0 saturated heterocycles. The van der Waals surface area contributed by atoms with E-state index in [-0.39, 0.29) is 11.2 Å². The number of nitrogens with one attached hydrogen (secondary N) is 1. The van der Waals surface area contributed by atoms with Gasteiger partial charge in [-0.3, -0.25) is 4.79 Å². The molecule has 0 radical (unpaired) electrons. The minimum atomic E-state index is 0.0149. The van der Waals surface area contributed by atoms with Crippen molar-refractivity contribution >= 4 is 23.5 Å². The lowest BCUT2D eigenvalue weighted by atomic mass is 10.00. The van der Waals surface area contributed by atoms with Crippen LogP contribution in [0.25, 0.3) is 5.69 Å². The molecule has 1 N–H and O–H groups in total. The number of carbonyl (C=O) groups is 1. The lowest BCUT2D eigenvalue weighted by molar-refractivity contribution is -0.113. The highest BCUT2D eigenvalue weighted by molar-refractivity contribution is 8.00. The van der Waals surface area contributed by atoms with Gasteiger partial charge in [0.2, 0.25) is 5.91 Å². The molecule has 26 heavy (non-hydrogen) atoms. The molecule has 0 aliphatic carbocycles. The van der Waals surface area contributed by atoms with Gasteiger partial charge in [0.1, 0.15) is 5.82 Å². The predicted molar refractivity (Wildman–Crippen MR) is 107 cm³/mol. The van der Waals surface area contributed by atoms with Crippen molar-refractivity contribution in [3.63, 3.8) is 0 Å². The van der Waals surface area contributed by atoms with E-state index < -0.39 is 0 Å². The van der Waals surface area contributed by atoms with Gasteiger partial charge in [-0.1, -0.05) is 36.4 Å². The molecule has 2 aromatic carbocycles. The molecule has 0 fully saturated rings. The number of carbonyl (C=O) groups excluding carboxylic acids is 1. The molecule has 2 heterocycles. The summed E-state index contributed by atoms with van der Waals surface area (Å²) in [5.41, 5.74) is 6.63. The van der Waals surface area contributed by atoms with Crippen LogP contribution in [0.15, 0.2) is 48.5 Å². The zero-order valence-electron chi connectivity index (χ0n) is 15.1. The number of hydrogen-bond acceptors (Lipinski definition) is 3. The molecule has 1 atom stereocenters. The fraction of sp³-hybridized carbons (Fsp3) is 0.238. The number of aromatic nitrogens is 2. The minimum absolute atomic E-state index is 0.0149. The first-order valence-corrected chi connectivity index (χ1v) is 9.73. The Balaban J connectivity index is 1.92.